The lowest BCUT2D eigenvalue weighted by Crippen LogP contribution is -2.22. The molecule has 0 bridgehead atoms. The van der Waals surface area contributed by atoms with Crippen LogP contribution in [-0.2, 0) is 20.2 Å². The zero-order valence-corrected chi connectivity index (χ0v) is 17.7. The Hall–Kier alpha value is -3.78. The van der Waals surface area contributed by atoms with Crippen LogP contribution in [0.5, 0.6) is 23.0 Å². The summed E-state index contributed by atoms with van der Waals surface area (Å²) in [6, 6.07) is 9.15. The number of carbonyl (C=O) groups excluding carboxylic acids is 2. The highest BCUT2D eigenvalue weighted by Crippen LogP contribution is 2.50. The van der Waals surface area contributed by atoms with Crippen LogP contribution in [0.2, 0.25) is 0 Å². The molecular weight excluding hydrogens is 480 g/mol. The number of fused-ring (bicyclic) bond motifs is 2. The van der Waals surface area contributed by atoms with Crippen LogP contribution in [0.3, 0.4) is 0 Å². The zero-order valence-electron chi connectivity index (χ0n) is 16.1. The first-order valence-electron chi connectivity index (χ1n) is 8.85. The lowest BCUT2D eigenvalue weighted by atomic mass is 9.83. The Morgan fingerprint density at radius 2 is 1.15 bits per heavy atom. The highest BCUT2D eigenvalue weighted by Gasteiger charge is 2.41. The molecule has 4 N–H and O–H groups in total. The first-order chi connectivity index (χ1) is 15.3. The average molecular weight is 492 g/mol. The predicted octanol–water partition coefficient (Wildman–Crippen LogP) is 2.16. The molecule has 0 radical (unpaired) electrons. The molecule has 3 aromatic carbocycles. The Morgan fingerprint density at radius 1 is 0.667 bits per heavy atom. The molecule has 1 aliphatic rings. The van der Waals surface area contributed by atoms with Crippen LogP contribution in [0.4, 0.5) is 0 Å². The van der Waals surface area contributed by atoms with E-state index >= 15 is 0 Å². The molecule has 0 atom stereocenters. The molecular formula is C20H12O11S2. The van der Waals surface area contributed by atoms with Crippen molar-refractivity contribution in [2.24, 2.45) is 0 Å². The molecule has 0 saturated carbocycles. The number of ketones is 2. The van der Waals surface area contributed by atoms with Gasteiger partial charge in [-0.15, -0.1) is 0 Å². The molecule has 0 amide bonds. The Morgan fingerprint density at radius 3 is 1.61 bits per heavy atom. The maximum atomic E-state index is 13.0. The molecule has 4 rings (SSSR count). The Kier molecular flexibility index (Phi) is 5.01. The van der Waals surface area contributed by atoms with Gasteiger partial charge in [-0.05, 0) is 24.3 Å². The molecule has 11 nitrogen and oxygen atoms in total. The van der Waals surface area contributed by atoms with E-state index in [1.165, 1.54) is 24.3 Å². The van der Waals surface area contributed by atoms with Crippen molar-refractivity contribution < 1.29 is 50.5 Å². The smallest absolute Gasteiger partial charge is 0.302 e. The molecule has 0 aromatic heterocycles. The molecule has 3 aromatic rings. The highest BCUT2D eigenvalue weighted by molar-refractivity contribution is 7.86. The number of hydrogen-bond acceptors (Lipinski definition) is 9. The van der Waals surface area contributed by atoms with E-state index in [1.807, 2.05) is 0 Å². The Labute approximate surface area is 186 Å². The van der Waals surface area contributed by atoms with Gasteiger partial charge < -0.3 is 14.9 Å². The number of ether oxygens (including phenoxy) is 1. The Balaban J connectivity index is 1.98. The number of rotatable bonds is 4. The summed E-state index contributed by atoms with van der Waals surface area (Å²) in [6.07, 6.45) is 0. The lowest BCUT2D eigenvalue weighted by Gasteiger charge is -2.22. The SMILES string of the molecule is O=C1c2ccccc2C(=O)c2c(O)c(S(=O)(=O)O)c(Oc3ccc(S(=O)(=O)O)cc3)c(O)c21. The minimum absolute atomic E-state index is 0.118. The van der Waals surface area contributed by atoms with Crippen LogP contribution >= 0.6 is 0 Å². The summed E-state index contributed by atoms with van der Waals surface area (Å²) in [5, 5.41) is 21.3. The molecule has 1 aliphatic carbocycles. The Bertz CT molecular complexity index is 1570. The predicted molar refractivity (Wildman–Crippen MR) is 109 cm³/mol. The van der Waals surface area contributed by atoms with E-state index in [9.17, 15) is 41.2 Å². The molecule has 0 aliphatic heterocycles. The number of phenols is 2. The largest absolute Gasteiger partial charge is 0.506 e. The van der Waals surface area contributed by atoms with Gasteiger partial charge in [-0.3, -0.25) is 18.7 Å². The summed E-state index contributed by atoms with van der Waals surface area (Å²) in [5.74, 6) is -5.74. The van der Waals surface area contributed by atoms with Crippen molar-refractivity contribution in [3.8, 4) is 23.0 Å². The lowest BCUT2D eigenvalue weighted by molar-refractivity contribution is 0.0973. The fraction of sp³-hybridized carbons (Fsp3) is 0. The highest BCUT2D eigenvalue weighted by atomic mass is 32.2. The second kappa shape index (κ2) is 7.38. The second-order valence-corrected chi connectivity index (χ2v) is 9.61. The maximum absolute atomic E-state index is 13.0. The minimum Gasteiger partial charge on any atom is -0.506 e. The third-order valence-electron chi connectivity index (χ3n) is 4.83. The number of phenolic OH excluding ortho intramolecular Hbond substituents is 2. The summed E-state index contributed by atoms with van der Waals surface area (Å²) in [5.41, 5.74) is -1.85. The topological polar surface area (TPSA) is 193 Å². The monoisotopic (exact) mass is 492 g/mol. The number of aromatic hydroxyl groups is 2. The summed E-state index contributed by atoms with van der Waals surface area (Å²) in [7, 11) is -9.88. The van der Waals surface area contributed by atoms with Crippen LogP contribution in [-0.4, -0.2) is 47.7 Å². The van der Waals surface area contributed by atoms with Gasteiger partial charge in [-0.1, -0.05) is 24.3 Å². The van der Waals surface area contributed by atoms with Crippen LogP contribution in [0.1, 0.15) is 31.8 Å². The molecule has 0 spiro atoms. The molecule has 13 heteroatoms. The van der Waals surface area contributed by atoms with Gasteiger partial charge >= 0.3 is 10.1 Å². The first-order valence-corrected chi connectivity index (χ1v) is 11.7. The van der Waals surface area contributed by atoms with Gasteiger partial charge in [0.1, 0.15) is 5.75 Å². The molecule has 0 fully saturated rings. The van der Waals surface area contributed by atoms with E-state index in [2.05, 4.69) is 0 Å². The van der Waals surface area contributed by atoms with Gasteiger partial charge in [0, 0.05) is 11.1 Å². The van der Waals surface area contributed by atoms with E-state index < -0.39 is 70.0 Å². The molecule has 0 heterocycles. The maximum Gasteiger partial charge on any atom is 0.302 e. The number of carbonyl (C=O) groups is 2. The third kappa shape index (κ3) is 3.62. The molecule has 0 saturated heterocycles. The van der Waals surface area contributed by atoms with Crippen molar-refractivity contribution in [1.82, 2.24) is 0 Å². The number of hydrogen-bond donors (Lipinski definition) is 4. The quantitative estimate of drug-likeness (QED) is 0.241. The summed E-state index contributed by atoms with van der Waals surface area (Å²) in [4.78, 5) is 23.9. The summed E-state index contributed by atoms with van der Waals surface area (Å²) >= 11 is 0. The normalized spacial score (nSPS) is 13.4. The first kappa shape index (κ1) is 22.4. The summed E-state index contributed by atoms with van der Waals surface area (Å²) < 4.78 is 70.4. The van der Waals surface area contributed by atoms with Crippen LogP contribution in [0, 0.1) is 0 Å². The van der Waals surface area contributed by atoms with Gasteiger partial charge in [-0.25, -0.2) is 0 Å². The van der Waals surface area contributed by atoms with Crippen LogP contribution in [0.15, 0.2) is 58.3 Å². The van der Waals surface area contributed by atoms with E-state index in [4.69, 9.17) is 9.29 Å². The standard InChI is InChI=1S/C20H12O11S2/c21-15-11-3-1-2-4-12(11)16(22)14-13(15)17(23)19(20(18(14)24)33(28,29)30)31-9-5-7-10(8-6-9)32(25,26)27/h1-8,23-24H,(H,25,26,27)(H,28,29,30). The number of benzene rings is 3. The van der Waals surface area contributed by atoms with Crippen molar-refractivity contribution in [1.29, 1.82) is 0 Å². The van der Waals surface area contributed by atoms with Gasteiger partial charge in [0.2, 0.25) is 0 Å². The van der Waals surface area contributed by atoms with Crippen molar-refractivity contribution in [2.75, 3.05) is 0 Å². The molecule has 33 heavy (non-hydrogen) atoms. The summed E-state index contributed by atoms with van der Waals surface area (Å²) in [6.45, 7) is 0. The van der Waals surface area contributed by atoms with E-state index in [-0.39, 0.29) is 16.9 Å². The average Bonchev–Trinajstić information content (AvgIpc) is 2.73. The van der Waals surface area contributed by atoms with Crippen molar-refractivity contribution in [3.05, 3.63) is 70.8 Å². The van der Waals surface area contributed by atoms with Gasteiger partial charge in [0.25, 0.3) is 10.1 Å². The second-order valence-electron chi connectivity index (χ2n) is 6.83. The van der Waals surface area contributed by atoms with Crippen molar-refractivity contribution >= 4 is 31.8 Å². The van der Waals surface area contributed by atoms with Gasteiger partial charge in [0.05, 0.1) is 16.0 Å². The fourth-order valence-electron chi connectivity index (χ4n) is 3.40. The van der Waals surface area contributed by atoms with Crippen molar-refractivity contribution in [3.63, 3.8) is 0 Å². The minimum atomic E-state index is -5.32. The van der Waals surface area contributed by atoms with E-state index in [0.717, 1.165) is 24.3 Å². The van der Waals surface area contributed by atoms with Crippen molar-refractivity contribution in [2.45, 2.75) is 9.79 Å². The van der Waals surface area contributed by atoms with Crippen LogP contribution < -0.4 is 4.74 Å². The van der Waals surface area contributed by atoms with Gasteiger partial charge in [-0.2, -0.15) is 16.8 Å². The van der Waals surface area contributed by atoms with E-state index in [0.29, 0.717) is 0 Å². The van der Waals surface area contributed by atoms with E-state index in [1.54, 1.807) is 0 Å². The molecule has 170 valence electrons. The van der Waals surface area contributed by atoms with Crippen LogP contribution in [0.25, 0.3) is 0 Å². The van der Waals surface area contributed by atoms with Gasteiger partial charge in [0.15, 0.2) is 33.7 Å². The third-order valence-corrected chi connectivity index (χ3v) is 6.59. The zero-order chi connectivity index (χ0) is 24.3. The fourth-order valence-corrected chi connectivity index (χ4v) is 4.60. The molecule has 0 unspecified atom stereocenters.